The number of imide groups is 2. The first-order chi connectivity index (χ1) is 16.8. The highest BCUT2D eigenvalue weighted by atomic mass is 16.2. The van der Waals surface area contributed by atoms with Crippen LogP contribution in [0.15, 0.2) is 30.6 Å². The average molecular weight is 472 g/mol. The highest BCUT2D eigenvalue weighted by molar-refractivity contribution is 6.23. The molecule has 4 aliphatic rings. The van der Waals surface area contributed by atoms with Crippen LogP contribution in [-0.2, 0) is 15.1 Å². The molecule has 6 rings (SSSR count). The standard InChI is InChI=1S/C26H25N5O4/c1-26(9-2-10-26)30-15-16(12-27-30)3-4-17-13-29(14-17)18-5-6-19-20(11-18)25(35)31(24(19)34)21-7-8-22(32)28-23(21)33/h5-6,11-12,15,17,21H,2,7-10,13-14H2,1H3,(H,28,32,33). The normalized spacial score (nSPS) is 23.3. The largest absolute Gasteiger partial charge is 0.369 e. The number of amides is 4. The third-order valence-corrected chi connectivity index (χ3v) is 7.66. The van der Waals surface area contributed by atoms with Crippen molar-refractivity contribution in [1.82, 2.24) is 20.0 Å². The second-order valence-corrected chi connectivity index (χ2v) is 10.1. The van der Waals surface area contributed by atoms with Crippen molar-refractivity contribution in [3.63, 3.8) is 0 Å². The van der Waals surface area contributed by atoms with Gasteiger partial charge in [-0.3, -0.25) is 34.1 Å². The lowest BCUT2D eigenvalue weighted by Gasteiger charge is -2.38. The fourth-order valence-corrected chi connectivity index (χ4v) is 5.22. The molecule has 9 heteroatoms. The lowest BCUT2D eigenvalue weighted by Crippen LogP contribution is -2.54. The van der Waals surface area contributed by atoms with Crippen LogP contribution in [0.2, 0.25) is 0 Å². The van der Waals surface area contributed by atoms with E-state index in [1.165, 1.54) is 6.42 Å². The van der Waals surface area contributed by atoms with Crippen molar-refractivity contribution in [1.29, 1.82) is 0 Å². The van der Waals surface area contributed by atoms with Gasteiger partial charge in [0, 0.05) is 31.4 Å². The first-order valence-corrected chi connectivity index (χ1v) is 12.0. The molecule has 3 aliphatic heterocycles. The smallest absolute Gasteiger partial charge is 0.262 e. The Balaban J connectivity index is 1.12. The summed E-state index contributed by atoms with van der Waals surface area (Å²) in [7, 11) is 0. The van der Waals surface area contributed by atoms with Gasteiger partial charge in [-0.05, 0) is 50.8 Å². The Labute approximate surface area is 202 Å². The van der Waals surface area contributed by atoms with Gasteiger partial charge in [-0.25, -0.2) is 0 Å². The molecule has 1 saturated carbocycles. The minimum Gasteiger partial charge on any atom is -0.369 e. The van der Waals surface area contributed by atoms with E-state index >= 15 is 0 Å². The number of fused-ring (bicyclic) bond motifs is 1. The Morgan fingerprint density at radius 1 is 1.09 bits per heavy atom. The Kier molecular flexibility index (Phi) is 4.81. The number of benzene rings is 1. The Bertz CT molecular complexity index is 1340. The topological polar surface area (TPSA) is 105 Å². The van der Waals surface area contributed by atoms with Gasteiger partial charge in [0.15, 0.2) is 0 Å². The fourth-order valence-electron chi connectivity index (χ4n) is 5.22. The number of hydrogen-bond acceptors (Lipinski definition) is 6. The van der Waals surface area contributed by atoms with E-state index in [0.29, 0.717) is 5.56 Å². The zero-order valence-electron chi connectivity index (χ0n) is 19.4. The summed E-state index contributed by atoms with van der Waals surface area (Å²) in [6.45, 7) is 3.69. The highest BCUT2D eigenvalue weighted by Crippen LogP contribution is 2.38. The molecule has 178 valence electrons. The molecule has 2 saturated heterocycles. The molecule has 9 nitrogen and oxygen atoms in total. The van der Waals surface area contributed by atoms with E-state index in [2.05, 4.69) is 34.1 Å². The van der Waals surface area contributed by atoms with E-state index in [4.69, 9.17) is 0 Å². The number of carbonyl (C=O) groups excluding carboxylic acids is 4. The van der Waals surface area contributed by atoms with E-state index in [-0.39, 0.29) is 35.8 Å². The molecule has 0 spiro atoms. The summed E-state index contributed by atoms with van der Waals surface area (Å²) >= 11 is 0. The van der Waals surface area contributed by atoms with Crippen LogP contribution in [0.3, 0.4) is 0 Å². The number of hydrogen-bond donors (Lipinski definition) is 1. The third-order valence-electron chi connectivity index (χ3n) is 7.66. The van der Waals surface area contributed by atoms with Crippen LogP contribution in [-0.4, -0.2) is 57.4 Å². The number of piperidine rings is 1. The molecule has 1 atom stereocenters. The maximum atomic E-state index is 13.0. The predicted molar refractivity (Wildman–Crippen MR) is 125 cm³/mol. The van der Waals surface area contributed by atoms with Gasteiger partial charge in [-0.1, -0.05) is 11.8 Å². The van der Waals surface area contributed by atoms with Crippen molar-refractivity contribution >= 4 is 29.3 Å². The summed E-state index contributed by atoms with van der Waals surface area (Å²) in [5.41, 5.74) is 2.49. The first-order valence-electron chi connectivity index (χ1n) is 12.0. The van der Waals surface area contributed by atoms with Crippen molar-refractivity contribution in [3.8, 4) is 11.8 Å². The molecule has 1 aromatic carbocycles. The molecule has 4 heterocycles. The van der Waals surface area contributed by atoms with Crippen molar-refractivity contribution in [2.24, 2.45) is 5.92 Å². The Morgan fingerprint density at radius 3 is 2.57 bits per heavy atom. The minimum atomic E-state index is -0.955. The van der Waals surface area contributed by atoms with Gasteiger partial charge in [-0.15, -0.1) is 0 Å². The van der Waals surface area contributed by atoms with Gasteiger partial charge in [-0.2, -0.15) is 5.10 Å². The number of rotatable bonds is 3. The lowest BCUT2D eigenvalue weighted by molar-refractivity contribution is -0.136. The molecule has 0 bridgehead atoms. The van der Waals surface area contributed by atoms with Gasteiger partial charge >= 0.3 is 0 Å². The van der Waals surface area contributed by atoms with Crippen LogP contribution in [0.4, 0.5) is 5.69 Å². The molecule has 1 aliphatic carbocycles. The number of aromatic nitrogens is 2. The average Bonchev–Trinajstić information content (AvgIpc) is 3.35. The molecule has 0 radical (unpaired) electrons. The third kappa shape index (κ3) is 3.52. The number of anilines is 1. The predicted octanol–water partition coefficient (Wildman–Crippen LogP) is 1.67. The summed E-state index contributed by atoms with van der Waals surface area (Å²) in [5, 5.41) is 6.70. The van der Waals surface area contributed by atoms with Crippen LogP contribution >= 0.6 is 0 Å². The van der Waals surface area contributed by atoms with E-state index in [1.54, 1.807) is 12.1 Å². The highest BCUT2D eigenvalue weighted by Gasteiger charge is 2.45. The molecular formula is C26H25N5O4. The van der Waals surface area contributed by atoms with Crippen LogP contribution in [0.25, 0.3) is 0 Å². The van der Waals surface area contributed by atoms with Crippen LogP contribution in [0.1, 0.15) is 65.3 Å². The fraction of sp³-hybridized carbons (Fsp3) is 0.423. The number of carbonyl (C=O) groups is 4. The zero-order valence-corrected chi connectivity index (χ0v) is 19.4. The van der Waals surface area contributed by atoms with Crippen LogP contribution in [0, 0.1) is 17.8 Å². The number of nitrogens with one attached hydrogen (secondary N) is 1. The Morgan fingerprint density at radius 2 is 1.86 bits per heavy atom. The van der Waals surface area contributed by atoms with Crippen molar-refractivity contribution < 1.29 is 19.2 Å². The quantitative estimate of drug-likeness (QED) is 0.540. The van der Waals surface area contributed by atoms with E-state index in [9.17, 15) is 19.2 Å². The summed E-state index contributed by atoms with van der Waals surface area (Å²) in [6, 6.07) is 4.23. The molecule has 2 aromatic rings. The molecule has 1 aromatic heterocycles. The zero-order chi connectivity index (χ0) is 24.3. The monoisotopic (exact) mass is 471 g/mol. The SMILES string of the molecule is CC1(n2cc(C#CC3CN(c4ccc5c(c4)C(=O)N(C4CCC(=O)NC4=O)C5=O)C3)cn2)CCC1. The maximum absolute atomic E-state index is 13.0. The second-order valence-electron chi connectivity index (χ2n) is 10.1. The number of nitrogens with zero attached hydrogens (tertiary/aromatic N) is 4. The summed E-state index contributed by atoms with van der Waals surface area (Å²) in [4.78, 5) is 52.7. The molecule has 4 amide bonds. The summed E-state index contributed by atoms with van der Waals surface area (Å²) in [6.07, 6.45) is 7.65. The van der Waals surface area contributed by atoms with Crippen molar-refractivity contribution in [2.75, 3.05) is 18.0 Å². The van der Waals surface area contributed by atoms with Gasteiger partial charge in [0.25, 0.3) is 11.8 Å². The van der Waals surface area contributed by atoms with Gasteiger partial charge in [0.2, 0.25) is 11.8 Å². The van der Waals surface area contributed by atoms with Crippen LogP contribution in [0.5, 0.6) is 0 Å². The first kappa shape index (κ1) is 21.6. The van der Waals surface area contributed by atoms with Gasteiger partial charge < -0.3 is 4.90 Å². The molecule has 1 unspecified atom stereocenters. The maximum Gasteiger partial charge on any atom is 0.262 e. The molecular weight excluding hydrogens is 446 g/mol. The Hall–Kier alpha value is -3.93. The van der Waals surface area contributed by atoms with Crippen molar-refractivity contribution in [2.45, 2.75) is 50.6 Å². The van der Waals surface area contributed by atoms with E-state index < -0.39 is 23.8 Å². The summed E-state index contributed by atoms with van der Waals surface area (Å²) < 4.78 is 2.04. The molecule has 3 fully saturated rings. The van der Waals surface area contributed by atoms with Crippen molar-refractivity contribution in [3.05, 3.63) is 47.3 Å². The second kappa shape index (κ2) is 7.80. The molecule has 35 heavy (non-hydrogen) atoms. The van der Waals surface area contributed by atoms with E-state index in [1.807, 2.05) is 23.1 Å². The van der Waals surface area contributed by atoms with E-state index in [0.717, 1.165) is 42.1 Å². The minimum absolute atomic E-state index is 0.103. The van der Waals surface area contributed by atoms with Crippen LogP contribution < -0.4 is 10.2 Å². The van der Waals surface area contributed by atoms with Gasteiger partial charge in [0.05, 0.1) is 34.3 Å². The van der Waals surface area contributed by atoms with Gasteiger partial charge in [0.1, 0.15) is 6.04 Å². The molecule has 1 N–H and O–H groups in total. The summed E-state index contributed by atoms with van der Waals surface area (Å²) in [5.74, 6) is 4.79. The lowest BCUT2D eigenvalue weighted by atomic mass is 9.79.